The molecule has 33 heavy (non-hydrogen) atoms. The predicted molar refractivity (Wildman–Crippen MR) is 123 cm³/mol. The molecule has 0 atom stereocenters. The SMILES string of the molecule is CN(C)CCN(Cc1ccccc1)C(=O)c1cc2n(n1)CCN(Cc1ccccc1F)C2=O. The van der Waals surface area contributed by atoms with Crippen molar-refractivity contribution < 1.29 is 14.0 Å². The summed E-state index contributed by atoms with van der Waals surface area (Å²) in [6.45, 7) is 2.76. The summed E-state index contributed by atoms with van der Waals surface area (Å²) in [6.07, 6.45) is 0. The van der Waals surface area contributed by atoms with Crippen LogP contribution >= 0.6 is 0 Å². The molecule has 172 valence electrons. The van der Waals surface area contributed by atoms with Crippen LogP contribution in [0.4, 0.5) is 4.39 Å². The van der Waals surface area contributed by atoms with Gasteiger partial charge in [0.25, 0.3) is 11.8 Å². The van der Waals surface area contributed by atoms with Crippen molar-refractivity contribution in [3.63, 3.8) is 0 Å². The van der Waals surface area contributed by atoms with Crippen LogP contribution in [0.3, 0.4) is 0 Å². The minimum absolute atomic E-state index is 0.183. The molecule has 1 aliphatic heterocycles. The number of carbonyl (C=O) groups is 2. The Bertz CT molecular complexity index is 1130. The molecular formula is C25H28FN5O2. The van der Waals surface area contributed by atoms with Gasteiger partial charge in [-0.15, -0.1) is 0 Å². The lowest BCUT2D eigenvalue weighted by Crippen LogP contribution is -2.40. The van der Waals surface area contributed by atoms with E-state index in [1.807, 2.05) is 49.3 Å². The molecule has 0 N–H and O–H groups in total. The first-order valence-electron chi connectivity index (χ1n) is 11.0. The van der Waals surface area contributed by atoms with Gasteiger partial charge in [-0.25, -0.2) is 4.39 Å². The number of halogens is 1. The van der Waals surface area contributed by atoms with Crippen molar-refractivity contribution in [2.45, 2.75) is 19.6 Å². The number of benzene rings is 2. The number of carbonyl (C=O) groups excluding carboxylic acids is 2. The molecule has 0 saturated heterocycles. The topological polar surface area (TPSA) is 61.7 Å². The highest BCUT2D eigenvalue weighted by Gasteiger charge is 2.29. The molecule has 0 fully saturated rings. The molecule has 1 aromatic heterocycles. The summed E-state index contributed by atoms with van der Waals surface area (Å²) in [5, 5.41) is 4.44. The van der Waals surface area contributed by atoms with Crippen molar-refractivity contribution in [3.05, 3.63) is 89.0 Å². The van der Waals surface area contributed by atoms with Crippen LogP contribution in [0.25, 0.3) is 0 Å². The van der Waals surface area contributed by atoms with Crippen LogP contribution in [0.1, 0.15) is 32.1 Å². The van der Waals surface area contributed by atoms with Crippen LogP contribution in [0.2, 0.25) is 0 Å². The van der Waals surface area contributed by atoms with Gasteiger partial charge < -0.3 is 14.7 Å². The summed E-state index contributed by atoms with van der Waals surface area (Å²) in [6, 6.07) is 17.8. The molecule has 0 bridgehead atoms. The number of hydrogen-bond donors (Lipinski definition) is 0. The Labute approximate surface area is 193 Å². The molecule has 0 unspecified atom stereocenters. The average molecular weight is 450 g/mol. The third-order valence-corrected chi connectivity index (χ3v) is 5.73. The standard InChI is InChI=1S/C25H28FN5O2/c1-28(2)12-13-29(17-19-8-4-3-5-9-19)24(32)22-16-23-25(33)30(14-15-31(23)27-22)18-20-10-6-7-11-21(20)26/h3-11,16H,12-15,17-18H2,1-2H3. The molecule has 3 aromatic rings. The number of amides is 2. The van der Waals surface area contributed by atoms with Crippen LogP contribution in [0.5, 0.6) is 0 Å². The summed E-state index contributed by atoms with van der Waals surface area (Å²) in [5.41, 5.74) is 2.10. The van der Waals surface area contributed by atoms with E-state index < -0.39 is 0 Å². The second-order valence-electron chi connectivity index (χ2n) is 8.47. The number of likely N-dealkylation sites (N-methyl/N-ethyl adjacent to an activating group) is 1. The van der Waals surface area contributed by atoms with E-state index in [0.717, 1.165) is 5.56 Å². The van der Waals surface area contributed by atoms with E-state index in [2.05, 4.69) is 5.10 Å². The fourth-order valence-electron chi connectivity index (χ4n) is 3.86. The lowest BCUT2D eigenvalue weighted by molar-refractivity contribution is 0.0678. The molecule has 2 amide bonds. The fraction of sp³-hybridized carbons (Fsp3) is 0.320. The number of aromatic nitrogens is 2. The molecule has 0 spiro atoms. The highest BCUT2D eigenvalue weighted by atomic mass is 19.1. The van der Waals surface area contributed by atoms with Crippen LogP contribution in [0.15, 0.2) is 60.7 Å². The summed E-state index contributed by atoms with van der Waals surface area (Å²) in [5.74, 6) is -0.798. The Kier molecular flexibility index (Phi) is 6.84. The normalized spacial score (nSPS) is 13.3. The molecule has 1 aliphatic rings. The van der Waals surface area contributed by atoms with E-state index in [9.17, 15) is 14.0 Å². The zero-order valence-corrected chi connectivity index (χ0v) is 18.9. The third kappa shape index (κ3) is 5.28. The highest BCUT2D eigenvalue weighted by molar-refractivity contribution is 5.98. The second kappa shape index (κ2) is 9.95. The Morgan fingerprint density at radius 3 is 2.48 bits per heavy atom. The Morgan fingerprint density at radius 2 is 1.76 bits per heavy atom. The Morgan fingerprint density at radius 1 is 1.03 bits per heavy atom. The number of rotatable bonds is 8. The van der Waals surface area contributed by atoms with E-state index in [1.165, 1.54) is 6.07 Å². The van der Waals surface area contributed by atoms with Crippen molar-refractivity contribution >= 4 is 11.8 Å². The largest absolute Gasteiger partial charge is 0.332 e. The van der Waals surface area contributed by atoms with Crippen LogP contribution in [-0.2, 0) is 19.6 Å². The molecule has 2 aromatic carbocycles. The zero-order valence-electron chi connectivity index (χ0n) is 18.9. The lowest BCUT2D eigenvalue weighted by atomic mass is 10.1. The highest BCUT2D eigenvalue weighted by Crippen LogP contribution is 2.19. The average Bonchev–Trinajstić information content (AvgIpc) is 3.25. The molecule has 4 rings (SSSR count). The maximum Gasteiger partial charge on any atom is 0.274 e. The molecular weight excluding hydrogens is 421 g/mol. The minimum Gasteiger partial charge on any atom is -0.332 e. The van der Waals surface area contributed by atoms with Crippen molar-refractivity contribution in [3.8, 4) is 0 Å². The summed E-state index contributed by atoms with van der Waals surface area (Å²) < 4.78 is 15.6. The minimum atomic E-state index is -0.335. The van der Waals surface area contributed by atoms with E-state index >= 15 is 0 Å². The summed E-state index contributed by atoms with van der Waals surface area (Å²) >= 11 is 0. The third-order valence-electron chi connectivity index (χ3n) is 5.73. The van der Waals surface area contributed by atoms with Crippen molar-refractivity contribution in [2.24, 2.45) is 0 Å². The Hall–Kier alpha value is -3.52. The molecule has 0 aliphatic carbocycles. The summed E-state index contributed by atoms with van der Waals surface area (Å²) in [7, 11) is 3.92. The number of nitrogens with zero attached hydrogens (tertiary/aromatic N) is 5. The van der Waals surface area contributed by atoms with Gasteiger partial charge >= 0.3 is 0 Å². The smallest absolute Gasteiger partial charge is 0.274 e. The quantitative estimate of drug-likeness (QED) is 0.531. The van der Waals surface area contributed by atoms with Gasteiger partial charge in [0, 0.05) is 44.4 Å². The number of hydrogen-bond acceptors (Lipinski definition) is 4. The Balaban J connectivity index is 1.53. The maximum atomic E-state index is 14.1. The van der Waals surface area contributed by atoms with Crippen molar-refractivity contribution in [2.75, 3.05) is 33.7 Å². The first-order valence-corrected chi connectivity index (χ1v) is 11.0. The van der Waals surface area contributed by atoms with Crippen molar-refractivity contribution in [1.82, 2.24) is 24.5 Å². The van der Waals surface area contributed by atoms with Gasteiger partial charge in [0.05, 0.1) is 6.54 Å². The van der Waals surface area contributed by atoms with E-state index in [0.29, 0.717) is 44.0 Å². The van der Waals surface area contributed by atoms with Crippen molar-refractivity contribution in [1.29, 1.82) is 0 Å². The van der Waals surface area contributed by atoms with Crippen LogP contribution in [0, 0.1) is 5.82 Å². The van der Waals surface area contributed by atoms with E-state index in [4.69, 9.17) is 0 Å². The predicted octanol–water partition coefficient (Wildman–Crippen LogP) is 2.88. The molecule has 7 nitrogen and oxygen atoms in total. The zero-order chi connectivity index (χ0) is 23.4. The van der Waals surface area contributed by atoms with Gasteiger partial charge in [0.15, 0.2) is 5.69 Å². The van der Waals surface area contributed by atoms with Gasteiger partial charge in [0.1, 0.15) is 11.5 Å². The van der Waals surface area contributed by atoms with Crippen LogP contribution in [-0.4, -0.2) is 70.0 Å². The maximum absolute atomic E-state index is 14.1. The molecule has 8 heteroatoms. The first kappa shape index (κ1) is 22.7. The lowest BCUT2D eigenvalue weighted by Gasteiger charge is -2.27. The monoisotopic (exact) mass is 449 g/mol. The van der Waals surface area contributed by atoms with Gasteiger partial charge in [-0.05, 0) is 25.7 Å². The van der Waals surface area contributed by atoms with E-state index in [-0.39, 0.29) is 29.9 Å². The first-order chi connectivity index (χ1) is 15.9. The fourth-order valence-corrected chi connectivity index (χ4v) is 3.86. The van der Waals surface area contributed by atoms with Gasteiger partial charge in [-0.1, -0.05) is 48.5 Å². The van der Waals surface area contributed by atoms with Gasteiger partial charge in [-0.3, -0.25) is 14.3 Å². The van der Waals surface area contributed by atoms with E-state index in [1.54, 1.807) is 38.7 Å². The van der Waals surface area contributed by atoms with Gasteiger partial charge in [-0.2, -0.15) is 5.10 Å². The molecule has 2 heterocycles. The molecule has 0 saturated carbocycles. The second-order valence-corrected chi connectivity index (χ2v) is 8.47. The number of fused-ring (bicyclic) bond motifs is 1. The van der Waals surface area contributed by atoms with Crippen LogP contribution < -0.4 is 0 Å². The molecule has 0 radical (unpaired) electrons. The van der Waals surface area contributed by atoms with Gasteiger partial charge in [0.2, 0.25) is 0 Å². The summed E-state index contributed by atoms with van der Waals surface area (Å²) in [4.78, 5) is 31.8.